The fourth-order valence-corrected chi connectivity index (χ4v) is 14.5. The third kappa shape index (κ3) is 5.68. The molecule has 0 bridgehead atoms. The Morgan fingerprint density at radius 3 is 1.58 bits per heavy atom. The van der Waals surface area contributed by atoms with Gasteiger partial charge < -0.3 is 14.4 Å². The molecule has 4 heteroatoms. The van der Waals surface area contributed by atoms with Gasteiger partial charge >= 0.3 is 0 Å². The number of fused-ring (bicyclic) bond motifs is 19. The molecule has 4 aliphatic rings. The molecule has 0 fully saturated rings. The van der Waals surface area contributed by atoms with Gasteiger partial charge in [-0.05, 0) is 168 Å². The van der Waals surface area contributed by atoms with E-state index in [1.165, 1.54) is 144 Å². The second kappa shape index (κ2) is 15.8. The topological polar surface area (TPSA) is 11.4 Å². The number of hydrogen-bond acceptors (Lipinski definition) is 2. The summed E-state index contributed by atoms with van der Waals surface area (Å²) >= 11 is 0. The van der Waals surface area contributed by atoms with Crippen molar-refractivity contribution in [2.45, 2.75) is 51.9 Å². The van der Waals surface area contributed by atoms with Crippen LogP contribution >= 0.6 is 0 Å². The number of aryl methyl sites for hydroxylation is 1. The predicted molar refractivity (Wildman–Crippen MR) is 322 cm³/mol. The number of aromatic nitrogens is 1. The van der Waals surface area contributed by atoms with Gasteiger partial charge in [-0.3, -0.25) is 0 Å². The summed E-state index contributed by atoms with van der Waals surface area (Å²) in [5.41, 5.74) is 28.8. The molecular weight excluding hydrogens is 918 g/mol. The van der Waals surface area contributed by atoms with Crippen LogP contribution in [0.1, 0.15) is 78.5 Å². The van der Waals surface area contributed by atoms with Crippen LogP contribution in [-0.2, 0) is 5.41 Å². The van der Waals surface area contributed by atoms with Crippen LogP contribution in [0.4, 0.5) is 34.1 Å². The van der Waals surface area contributed by atoms with E-state index in [0.717, 1.165) is 5.69 Å². The van der Waals surface area contributed by atoms with E-state index in [-0.39, 0.29) is 6.71 Å². The molecule has 2 aliphatic heterocycles. The molecule has 2 aliphatic carbocycles. The molecule has 0 amide bonds. The van der Waals surface area contributed by atoms with E-state index in [0.29, 0.717) is 11.8 Å². The van der Waals surface area contributed by atoms with Crippen LogP contribution in [0.3, 0.4) is 0 Å². The summed E-state index contributed by atoms with van der Waals surface area (Å²) in [6.07, 6.45) is 0. The van der Waals surface area contributed by atoms with Gasteiger partial charge in [0.25, 0.3) is 6.71 Å². The monoisotopic (exact) mass is 971 g/mol. The van der Waals surface area contributed by atoms with Crippen molar-refractivity contribution in [3.05, 3.63) is 263 Å². The van der Waals surface area contributed by atoms with E-state index in [2.05, 4.69) is 273 Å². The van der Waals surface area contributed by atoms with Crippen molar-refractivity contribution in [2.24, 2.45) is 0 Å². The minimum absolute atomic E-state index is 0.0246. The zero-order chi connectivity index (χ0) is 50.7. The summed E-state index contributed by atoms with van der Waals surface area (Å²) in [6.45, 7) is 11.5. The molecule has 0 saturated carbocycles. The summed E-state index contributed by atoms with van der Waals surface area (Å²) in [7, 11) is 0. The fourth-order valence-electron chi connectivity index (χ4n) is 14.5. The van der Waals surface area contributed by atoms with Crippen LogP contribution in [0.15, 0.2) is 224 Å². The maximum absolute atomic E-state index is 2.65. The van der Waals surface area contributed by atoms with Crippen LogP contribution < -0.4 is 26.2 Å². The second-order valence-electron chi connectivity index (χ2n) is 22.4. The Morgan fingerprint density at radius 1 is 0.368 bits per heavy atom. The van der Waals surface area contributed by atoms with Crippen LogP contribution in [0.5, 0.6) is 0 Å². The standard InChI is InChI=1S/C72H54BN3/c1-43(2)46-31-34-49(35-32-46)74-65-36-33-47(44(3)4)39-61(65)73-62-40-56-50-21-11-15-27-57(50)72(59(56)41-67(62)75(48-19-7-6-8-20-48)69-38-45(5)37-68(74)71(69)73)58-28-16-12-26-55(58)70-54-25-10-9-24-53(54)66(42-60(70)72)76-63-29-17-13-22-51(63)52-23-14-18-30-64(52)76/h6-44H,1-5H3. The Labute approximate surface area is 445 Å². The lowest BCUT2D eigenvalue weighted by Gasteiger charge is -2.45. The van der Waals surface area contributed by atoms with Crippen molar-refractivity contribution in [3.8, 4) is 27.9 Å². The summed E-state index contributed by atoms with van der Waals surface area (Å²) in [4.78, 5) is 5.17. The van der Waals surface area contributed by atoms with E-state index in [1.807, 2.05) is 0 Å². The van der Waals surface area contributed by atoms with Gasteiger partial charge in [0.2, 0.25) is 0 Å². The lowest BCUT2D eigenvalue weighted by atomic mass is 9.33. The molecule has 1 unspecified atom stereocenters. The first-order valence-corrected chi connectivity index (χ1v) is 27.3. The third-order valence-electron chi connectivity index (χ3n) is 17.7. The van der Waals surface area contributed by atoms with E-state index < -0.39 is 5.41 Å². The molecule has 3 heterocycles. The number of nitrogens with zero attached hydrogens (tertiary/aromatic N) is 3. The van der Waals surface area contributed by atoms with Gasteiger partial charge in [0.15, 0.2) is 0 Å². The van der Waals surface area contributed by atoms with Crippen LogP contribution in [-0.4, -0.2) is 11.3 Å². The number of para-hydroxylation sites is 3. The smallest absolute Gasteiger partial charge is 0.252 e. The zero-order valence-electron chi connectivity index (χ0n) is 43.4. The van der Waals surface area contributed by atoms with Crippen LogP contribution in [0.25, 0.3) is 60.5 Å². The van der Waals surface area contributed by atoms with Gasteiger partial charge in [0, 0.05) is 50.3 Å². The Kier molecular flexibility index (Phi) is 9.07. The molecule has 0 N–H and O–H groups in total. The Morgan fingerprint density at radius 2 is 0.895 bits per heavy atom. The number of hydrogen-bond donors (Lipinski definition) is 0. The van der Waals surface area contributed by atoms with E-state index in [4.69, 9.17) is 0 Å². The fraction of sp³-hybridized carbons (Fsp3) is 0.111. The summed E-state index contributed by atoms with van der Waals surface area (Å²) < 4.78 is 2.54. The highest BCUT2D eigenvalue weighted by molar-refractivity contribution is 7.00. The van der Waals surface area contributed by atoms with Crippen LogP contribution in [0, 0.1) is 6.92 Å². The second-order valence-corrected chi connectivity index (χ2v) is 22.4. The SMILES string of the molecule is Cc1cc2c3c(c1)N(c1ccccc1)c1cc4c(cc1B3c1cc(C(C)C)ccc1N2c1ccc(C(C)C)cc1)-c1ccccc1C41c2ccccc2-c2c1cc(-n1c3ccccc3c3ccccc31)c1ccccc21. The van der Waals surface area contributed by atoms with Gasteiger partial charge in [0.1, 0.15) is 0 Å². The minimum atomic E-state index is -0.626. The summed E-state index contributed by atoms with van der Waals surface area (Å²) in [6, 6.07) is 86.4. The highest BCUT2D eigenvalue weighted by Gasteiger charge is 2.54. The minimum Gasteiger partial charge on any atom is -0.311 e. The molecule has 1 spiro atoms. The average Bonchev–Trinajstić information content (AvgIpc) is 4.15. The van der Waals surface area contributed by atoms with Crippen molar-refractivity contribution in [2.75, 3.05) is 9.80 Å². The molecule has 11 aromatic carbocycles. The quantitative estimate of drug-likeness (QED) is 0.159. The van der Waals surface area contributed by atoms with Crippen molar-refractivity contribution < 1.29 is 0 Å². The van der Waals surface area contributed by atoms with Crippen molar-refractivity contribution in [1.82, 2.24) is 4.57 Å². The normalized spacial score (nSPS) is 15.4. The lowest BCUT2D eigenvalue weighted by Crippen LogP contribution is -2.61. The molecule has 0 radical (unpaired) electrons. The molecule has 0 saturated heterocycles. The third-order valence-corrected chi connectivity index (χ3v) is 17.7. The van der Waals surface area contributed by atoms with Gasteiger partial charge in [-0.15, -0.1) is 0 Å². The van der Waals surface area contributed by atoms with Crippen LogP contribution in [0.2, 0.25) is 0 Å². The molecule has 3 nitrogen and oxygen atoms in total. The molecule has 16 rings (SSSR count). The first-order chi connectivity index (χ1) is 37.3. The Balaban J connectivity index is 1.03. The number of benzene rings is 11. The highest BCUT2D eigenvalue weighted by Crippen LogP contribution is 2.65. The highest BCUT2D eigenvalue weighted by atomic mass is 15.2. The maximum Gasteiger partial charge on any atom is 0.252 e. The van der Waals surface area contributed by atoms with Crippen molar-refractivity contribution >= 4 is 89.8 Å². The predicted octanol–water partition coefficient (Wildman–Crippen LogP) is 16.9. The van der Waals surface area contributed by atoms with E-state index in [9.17, 15) is 0 Å². The van der Waals surface area contributed by atoms with Crippen molar-refractivity contribution in [1.29, 1.82) is 0 Å². The zero-order valence-corrected chi connectivity index (χ0v) is 43.4. The van der Waals surface area contributed by atoms with E-state index in [1.54, 1.807) is 0 Å². The molecule has 1 atom stereocenters. The van der Waals surface area contributed by atoms with Gasteiger partial charge in [-0.2, -0.15) is 0 Å². The summed E-state index contributed by atoms with van der Waals surface area (Å²) in [5.74, 6) is 0.812. The number of anilines is 6. The number of rotatable bonds is 5. The van der Waals surface area contributed by atoms with E-state index >= 15 is 0 Å². The molecule has 360 valence electrons. The molecule has 76 heavy (non-hydrogen) atoms. The Hall–Kier alpha value is -8.86. The lowest BCUT2D eigenvalue weighted by molar-refractivity contribution is 0.793. The first-order valence-electron chi connectivity index (χ1n) is 27.3. The van der Waals surface area contributed by atoms with Gasteiger partial charge in [-0.1, -0.05) is 185 Å². The largest absolute Gasteiger partial charge is 0.311 e. The Bertz CT molecular complexity index is 4390. The molecule has 12 aromatic rings. The van der Waals surface area contributed by atoms with Crippen molar-refractivity contribution in [3.63, 3.8) is 0 Å². The van der Waals surface area contributed by atoms with Gasteiger partial charge in [-0.25, -0.2) is 0 Å². The summed E-state index contributed by atoms with van der Waals surface area (Å²) in [5, 5.41) is 5.05. The van der Waals surface area contributed by atoms with Gasteiger partial charge in [0.05, 0.1) is 22.1 Å². The molecule has 1 aromatic heterocycles. The maximum atomic E-state index is 2.65. The average molecular weight is 972 g/mol. The molecular formula is C72H54BN3. The first kappa shape index (κ1) is 43.5.